The number of benzene rings is 2. The summed E-state index contributed by atoms with van der Waals surface area (Å²) in [6.45, 7) is 5.22. The van der Waals surface area contributed by atoms with Gasteiger partial charge in [-0.3, -0.25) is 9.69 Å². The molecule has 2 aromatic carbocycles. The van der Waals surface area contributed by atoms with Gasteiger partial charge in [0.05, 0.1) is 18.2 Å². The molecule has 1 unspecified atom stereocenters. The number of hydrogen-bond acceptors (Lipinski definition) is 3. The van der Waals surface area contributed by atoms with Gasteiger partial charge in [-0.05, 0) is 56.1 Å². The van der Waals surface area contributed by atoms with Crippen LogP contribution in [-0.2, 0) is 0 Å². The van der Waals surface area contributed by atoms with Crippen LogP contribution in [0.2, 0.25) is 5.02 Å². The number of nitrogens with zero attached hydrogens (tertiary/aromatic N) is 1. The van der Waals surface area contributed by atoms with Crippen molar-refractivity contribution in [2.24, 2.45) is 0 Å². The molecule has 0 bridgehead atoms. The van der Waals surface area contributed by atoms with E-state index in [2.05, 4.69) is 16.3 Å². The lowest BCUT2D eigenvalue weighted by Crippen LogP contribution is -2.37. The standard InChI is InChI=1S/C22H27ClN2O2.ClH/c1-2-15-27-21-12-6-4-10-18(21)22(26)24-16-20(25-13-7-8-14-25)17-9-3-5-11-19(17)23;/h3-6,9-12,20H,2,7-8,13-16H2,1H3,(H,24,26);1H. The lowest BCUT2D eigenvalue weighted by atomic mass is 10.0. The van der Waals surface area contributed by atoms with Crippen molar-refractivity contribution in [1.82, 2.24) is 10.2 Å². The number of hydrogen-bond donors (Lipinski definition) is 1. The molecule has 6 heteroatoms. The summed E-state index contributed by atoms with van der Waals surface area (Å²) in [5.41, 5.74) is 1.64. The van der Waals surface area contributed by atoms with Gasteiger partial charge < -0.3 is 10.1 Å². The van der Waals surface area contributed by atoms with Crippen molar-refractivity contribution in [2.75, 3.05) is 26.2 Å². The number of likely N-dealkylation sites (tertiary alicyclic amines) is 1. The maximum atomic E-state index is 12.8. The summed E-state index contributed by atoms with van der Waals surface area (Å²) >= 11 is 6.45. The third kappa shape index (κ3) is 5.63. The highest BCUT2D eigenvalue weighted by molar-refractivity contribution is 6.31. The van der Waals surface area contributed by atoms with E-state index in [1.807, 2.05) is 43.3 Å². The fraction of sp³-hybridized carbons (Fsp3) is 0.409. The van der Waals surface area contributed by atoms with E-state index < -0.39 is 0 Å². The quantitative estimate of drug-likeness (QED) is 0.641. The second-order valence-electron chi connectivity index (χ2n) is 6.84. The smallest absolute Gasteiger partial charge is 0.255 e. The van der Waals surface area contributed by atoms with Crippen LogP contribution >= 0.6 is 24.0 Å². The Hall–Kier alpha value is -1.75. The van der Waals surface area contributed by atoms with Gasteiger partial charge >= 0.3 is 0 Å². The summed E-state index contributed by atoms with van der Waals surface area (Å²) in [5.74, 6) is 0.519. The Bertz CT molecular complexity index is 764. The van der Waals surface area contributed by atoms with Gasteiger partial charge in [0.25, 0.3) is 5.91 Å². The second-order valence-corrected chi connectivity index (χ2v) is 7.24. The Balaban J connectivity index is 0.00000280. The van der Waals surface area contributed by atoms with Gasteiger partial charge in [-0.15, -0.1) is 12.4 Å². The first kappa shape index (κ1) is 22.5. The Morgan fingerprint density at radius 1 is 1.14 bits per heavy atom. The largest absolute Gasteiger partial charge is 0.493 e. The van der Waals surface area contributed by atoms with E-state index in [1.165, 1.54) is 12.8 Å². The van der Waals surface area contributed by atoms with E-state index in [0.29, 0.717) is 24.5 Å². The van der Waals surface area contributed by atoms with E-state index in [-0.39, 0.29) is 24.4 Å². The second kappa shape index (κ2) is 11.3. The van der Waals surface area contributed by atoms with Crippen LogP contribution in [0.1, 0.15) is 48.1 Å². The average molecular weight is 423 g/mol. The van der Waals surface area contributed by atoms with E-state index in [4.69, 9.17) is 16.3 Å². The topological polar surface area (TPSA) is 41.6 Å². The van der Waals surface area contributed by atoms with Crippen molar-refractivity contribution in [3.8, 4) is 5.75 Å². The van der Waals surface area contributed by atoms with E-state index >= 15 is 0 Å². The molecule has 3 rings (SSSR count). The van der Waals surface area contributed by atoms with Gasteiger partial charge in [0.15, 0.2) is 0 Å². The predicted molar refractivity (Wildman–Crippen MR) is 117 cm³/mol. The molecule has 2 aromatic rings. The molecule has 0 spiro atoms. The fourth-order valence-corrected chi connectivity index (χ4v) is 3.77. The first-order valence-corrected chi connectivity index (χ1v) is 10.1. The highest BCUT2D eigenvalue weighted by Gasteiger charge is 2.26. The van der Waals surface area contributed by atoms with E-state index in [0.717, 1.165) is 30.1 Å². The summed E-state index contributed by atoms with van der Waals surface area (Å²) in [6, 6.07) is 15.4. The molecule has 0 saturated carbocycles. The number of nitrogens with one attached hydrogen (secondary N) is 1. The van der Waals surface area contributed by atoms with Crippen LogP contribution in [0.5, 0.6) is 5.75 Å². The number of carbonyl (C=O) groups is 1. The average Bonchev–Trinajstić information content (AvgIpc) is 3.22. The van der Waals surface area contributed by atoms with Gasteiger partial charge in [0.1, 0.15) is 5.75 Å². The molecule has 1 atom stereocenters. The minimum Gasteiger partial charge on any atom is -0.493 e. The molecular formula is C22H28Cl2N2O2. The molecule has 0 aliphatic carbocycles. The van der Waals surface area contributed by atoms with Crippen LogP contribution < -0.4 is 10.1 Å². The SMILES string of the molecule is CCCOc1ccccc1C(=O)NCC(c1ccccc1Cl)N1CCCC1.Cl. The minimum absolute atomic E-state index is 0. The molecular weight excluding hydrogens is 395 g/mol. The summed E-state index contributed by atoms with van der Waals surface area (Å²) in [6.07, 6.45) is 3.27. The summed E-state index contributed by atoms with van der Waals surface area (Å²) in [4.78, 5) is 15.2. The van der Waals surface area contributed by atoms with Gasteiger partial charge in [-0.25, -0.2) is 0 Å². The van der Waals surface area contributed by atoms with E-state index in [1.54, 1.807) is 6.07 Å². The molecule has 0 radical (unpaired) electrons. The third-order valence-corrected chi connectivity index (χ3v) is 5.24. The number of para-hydroxylation sites is 1. The molecule has 4 nitrogen and oxygen atoms in total. The lowest BCUT2D eigenvalue weighted by molar-refractivity contribution is 0.0934. The van der Waals surface area contributed by atoms with Gasteiger partial charge in [-0.1, -0.05) is 48.9 Å². The number of amides is 1. The number of rotatable bonds is 8. The molecule has 28 heavy (non-hydrogen) atoms. The van der Waals surface area contributed by atoms with Gasteiger partial charge in [0, 0.05) is 11.6 Å². The first-order valence-electron chi connectivity index (χ1n) is 9.69. The van der Waals surface area contributed by atoms with Crippen molar-refractivity contribution >= 4 is 29.9 Å². The highest BCUT2D eigenvalue weighted by Crippen LogP contribution is 2.30. The zero-order valence-electron chi connectivity index (χ0n) is 16.2. The van der Waals surface area contributed by atoms with E-state index in [9.17, 15) is 4.79 Å². The Kier molecular flexibility index (Phi) is 9.10. The Morgan fingerprint density at radius 2 is 1.82 bits per heavy atom. The van der Waals surface area contributed by atoms with Crippen molar-refractivity contribution in [1.29, 1.82) is 0 Å². The van der Waals surface area contributed by atoms with Crippen molar-refractivity contribution in [2.45, 2.75) is 32.2 Å². The molecule has 1 heterocycles. The van der Waals surface area contributed by atoms with Gasteiger partial charge in [-0.2, -0.15) is 0 Å². The summed E-state index contributed by atoms with van der Waals surface area (Å²) < 4.78 is 5.73. The molecule has 1 saturated heterocycles. The monoisotopic (exact) mass is 422 g/mol. The van der Waals surface area contributed by atoms with Crippen LogP contribution in [0.25, 0.3) is 0 Å². The summed E-state index contributed by atoms with van der Waals surface area (Å²) in [5, 5.41) is 3.84. The molecule has 1 N–H and O–H groups in total. The molecule has 0 aromatic heterocycles. The van der Waals surface area contributed by atoms with Crippen molar-refractivity contribution < 1.29 is 9.53 Å². The van der Waals surface area contributed by atoms with Crippen molar-refractivity contribution in [3.05, 3.63) is 64.7 Å². The fourth-order valence-electron chi connectivity index (χ4n) is 3.51. The zero-order chi connectivity index (χ0) is 19.1. The third-order valence-electron chi connectivity index (χ3n) is 4.89. The molecule has 1 fully saturated rings. The minimum atomic E-state index is -0.113. The number of halogens is 2. The van der Waals surface area contributed by atoms with Crippen LogP contribution in [0, 0.1) is 0 Å². The summed E-state index contributed by atoms with van der Waals surface area (Å²) in [7, 11) is 0. The molecule has 1 aliphatic rings. The van der Waals surface area contributed by atoms with Gasteiger partial charge in [0.2, 0.25) is 0 Å². The number of ether oxygens (including phenoxy) is 1. The predicted octanol–water partition coefficient (Wildman–Crippen LogP) is 5.12. The molecule has 152 valence electrons. The lowest BCUT2D eigenvalue weighted by Gasteiger charge is -2.29. The van der Waals surface area contributed by atoms with Crippen LogP contribution in [0.15, 0.2) is 48.5 Å². The van der Waals surface area contributed by atoms with Crippen LogP contribution in [0.4, 0.5) is 0 Å². The molecule has 1 aliphatic heterocycles. The Labute approximate surface area is 178 Å². The molecule has 1 amide bonds. The van der Waals surface area contributed by atoms with Crippen LogP contribution in [0.3, 0.4) is 0 Å². The maximum absolute atomic E-state index is 12.8. The number of carbonyl (C=O) groups excluding carboxylic acids is 1. The zero-order valence-corrected chi connectivity index (χ0v) is 17.8. The first-order chi connectivity index (χ1) is 13.2. The van der Waals surface area contributed by atoms with Crippen molar-refractivity contribution in [3.63, 3.8) is 0 Å². The maximum Gasteiger partial charge on any atom is 0.255 e. The van der Waals surface area contributed by atoms with Crippen LogP contribution in [-0.4, -0.2) is 37.0 Å². The highest BCUT2D eigenvalue weighted by atomic mass is 35.5. The Morgan fingerprint density at radius 3 is 2.54 bits per heavy atom. The normalized spacial score (nSPS) is 14.9.